The van der Waals surface area contributed by atoms with E-state index in [1.165, 1.54) is 6.33 Å². The minimum absolute atomic E-state index is 0.0442. The number of nitrogen functional groups attached to an aromatic ring is 1. The molecule has 0 unspecified atom stereocenters. The largest absolute Gasteiger partial charge is 0.489 e. The zero-order chi connectivity index (χ0) is 21.2. The van der Waals surface area contributed by atoms with Crippen LogP contribution in [0.4, 0.5) is 5.82 Å². The van der Waals surface area contributed by atoms with Gasteiger partial charge in [-0.05, 0) is 23.3 Å². The van der Waals surface area contributed by atoms with Crippen LogP contribution in [-0.2, 0) is 16.1 Å². The van der Waals surface area contributed by atoms with Crippen LogP contribution in [-0.4, -0.2) is 27.1 Å². The van der Waals surface area contributed by atoms with Gasteiger partial charge in [0, 0.05) is 30.6 Å². The van der Waals surface area contributed by atoms with Crippen molar-refractivity contribution in [3.8, 4) is 16.9 Å². The number of rotatable bonds is 7. The van der Waals surface area contributed by atoms with Crippen LogP contribution in [0.15, 0.2) is 67.1 Å². The molecule has 156 valence electrons. The predicted octanol–water partition coefficient (Wildman–Crippen LogP) is 4.14. The maximum atomic E-state index is 10.6. The smallest absolute Gasteiger partial charge is 0.293 e. The topological polar surface area (TPSA) is 92.3 Å². The van der Waals surface area contributed by atoms with Crippen molar-refractivity contribution in [3.05, 3.63) is 72.7 Å². The Kier molecular flexibility index (Phi) is 5.00. The van der Waals surface area contributed by atoms with Crippen LogP contribution in [0.25, 0.3) is 22.2 Å². The molecule has 2 heterocycles. The first-order valence-electron chi connectivity index (χ1n) is 10.2. The van der Waals surface area contributed by atoms with E-state index in [1.807, 2.05) is 54.6 Å². The Labute approximate surface area is 179 Å². The van der Waals surface area contributed by atoms with E-state index in [-0.39, 0.29) is 12.1 Å². The number of nitrogens with zero attached hydrogens (tertiary/aromatic N) is 3. The van der Waals surface area contributed by atoms with Gasteiger partial charge in [-0.25, -0.2) is 9.97 Å². The van der Waals surface area contributed by atoms with Crippen LogP contribution >= 0.6 is 0 Å². The SMILES string of the molecule is Nc1ncnc2c1c(-c1cccc(OCc3ccccc3)c1)cn2C1CC(OC=O)C1. The quantitative estimate of drug-likeness (QED) is 0.457. The van der Waals surface area contributed by atoms with Crippen LogP contribution in [0.5, 0.6) is 5.75 Å². The second-order valence-corrected chi connectivity index (χ2v) is 7.69. The molecule has 2 N–H and O–H groups in total. The average Bonchev–Trinajstić information content (AvgIpc) is 3.16. The van der Waals surface area contributed by atoms with Crippen LogP contribution in [0.1, 0.15) is 24.4 Å². The summed E-state index contributed by atoms with van der Waals surface area (Å²) in [6, 6.07) is 18.2. The Hall–Kier alpha value is -3.87. The van der Waals surface area contributed by atoms with Gasteiger partial charge in [-0.15, -0.1) is 0 Å². The molecule has 0 aliphatic heterocycles. The fourth-order valence-electron chi connectivity index (χ4n) is 4.05. The lowest BCUT2D eigenvalue weighted by Crippen LogP contribution is -2.32. The minimum atomic E-state index is -0.0442. The third-order valence-corrected chi connectivity index (χ3v) is 5.74. The molecular formula is C24H22N4O3. The van der Waals surface area contributed by atoms with E-state index < -0.39 is 0 Å². The van der Waals surface area contributed by atoms with Crippen molar-refractivity contribution in [2.75, 3.05) is 5.73 Å². The molecule has 0 atom stereocenters. The van der Waals surface area contributed by atoms with Gasteiger partial charge in [0.25, 0.3) is 6.47 Å². The van der Waals surface area contributed by atoms with E-state index in [9.17, 15) is 4.79 Å². The molecule has 2 aromatic heterocycles. The molecule has 0 spiro atoms. The lowest BCUT2D eigenvalue weighted by Gasteiger charge is -2.34. The fraction of sp³-hybridized carbons (Fsp3) is 0.208. The Balaban J connectivity index is 1.47. The first-order valence-corrected chi connectivity index (χ1v) is 10.2. The number of nitrogens with two attached hydrogens (primary N) is 1. The summed E-state index contributed by atoms with van der Waals surface area (Å²) in [5, 5.41) is 0.822. The summed E-state index contributed by atoms with van der Waals surface area (Å²) >= 11 is 0. The Morgan fingerprint density at radius 3 is 2.74 bits per heavy atom. The number of anilines is 1. The fourth-order valence-corrected chi connectivity index (χ4v) is 4.05. The third kappa shape index (κ3) is 3.70. The first-order chi connectivity index (χ1) is 15.2. The summed E-state index contributed by atoms with van der Waals surface area (Å²) in [7, 11) is 0. The highest BCUT2D eigenvalue weighted by Crippen LogP contribution is 2.41. The highest BCUT2D eigenvalue weighted by molar-refractivity contribution is 6.00. The number of benzene rings is 2. The average molecular weight is 414 g/mol. The number of hydrogen-bond donors (Lipinski definition) is 1. The van der Waals surface area contributed by atoms with Crippen molar-refractivity contribution < 1.29 is 14.3 Å². The summed E-state index contributed by atoms with van der Waals surface area (Å²) in [5.74, 6) is 1.22. The van der Waals surface area contributed by atoms with Gasteiger partial charge in [0.05, 0.1) is 5.39 Å². The van der Waals surface area contributed by atoms with Gasteiger partial charge in [0.15, 0.2) is 0 Å². The molecule has 0 radical (unpaired) electrons. The molecule has 1 aliphatic carbocycles. The molecule has 1 fully saturated rings. The summed E-state index contributed by atoms with van der Waals surface area (Å²) in [4.78, 5) is 19.3. The number of ether oxygens (including phenoxy) is 2. The standard InChI is InChI=1S/C24H22N4O3/c25-23-22-21(12-28(24(22)27-14-26-23)18-10-20(11-18)31-15-29)17-7-4-8-19(9-17)30-13-16-5-2-1-3-6-16/h1-9,12,14-15,18,20H,10-11,13H2,(H2,25,26,27). The van der Waals surface area contributed by atoms with E-state index in [0.717, 1.165) is 46.3 Å². The summed E-state index contributed by atoms with van der Waals surface area (Å²) in [6.07, 6.45) is 5.01. The van der Waals surface area contributed by atoms with E-state index >= 15 is 0 Å². The van der Waals surface area contributed by atoms with Crippen LogP contribution < -0.4 is 10.5 Å². The van der Waals surface area contributed by atoms with Crippen molar-refractivity contribution in [1.29, 1.82) is 0 Å². The van der Waals surface area contributed by atoms with Gasteiger partial charge in [0.1, 0.15) is 36.3 Å². The highest BCUT2D eigenvalue weighted by Gasteiger charge is 2.33. The van der Waals surface area contributed by atoms with Gasteiger partial charge in [-0.2, -0.15) is 0 Å². The molecule has 2 aromatic carbocycles. The van der Waals surface area contributed by atoms with Crippen molar-refractivity contribution >= 4 is 23.3 Å². The molecule has 0 saturated heterocycles. The Morgan fingerprint density at radius 1 is 1.10 bits per heavy atom. The normalized spacial score (nSPS) is 17.8. The minimum Gasteiger partial charge on any atom is -0.489 e. The van der Waals surface area contributed by atoms with Gasteiger partial charge < -0.3 is 19.8 Å². The number of fused-ring (bicyclic) bond motifs is 1. The molecule has 7 heteroatoms. The zero-order valence-electron chi connectivity index (χ0n) is 16.8. The maximum absolute atomic E-state index is 10.6. The van der Waals surface area contributed by atoms with Gasteiger partial charge >= 0.3 is 0 Å². The molecule has 5 rings (SSSR count). The van der Waals surface area contributed by atoms with Crippen LogP contribution in [0, 0.1) is 0 Å². The third-order valence-electron chi connectivity index (χ3n) is 5.74. The van der Waals surface area contributed by atoms with Crippen LogP contribution in [0.2, 0.25) is 0 Å². The number of aromatic nitrogens is 3. The second kappa shape index (κ2) is 8.10. The molecule has 31 heavy (non-hydrogen) atoms. The van der Waals surface area contributed by atoms with Gasteiger partial charge in [-0.3, -0.25) is 4.79 Å². The van der Waals surface area contributed by atoms with E-state index in [1.54, 1.807) is 0 Å². The number of carbonyl (C=O) groups is 1. The zero-order valence-corrected chi connectivity index (χ0v) is 16.8. The van der Waals surface area contributed by atoms with E-state index in [0.29, 0.717) is 18.9 Å². The first kappa shape index (κ1) is 19.1. The lowest BCUT2D eigenvalue weighted by atomic mass is 9.89. The number of hydrogen-bond acceptors (Lipinski definition) is 6. The highest BCUT2D eigenvalue weighted by atomic mass is 16.5. The molecule has 1 saturated carbocycles. The molecule has 4 aromatic rings. The Morgan fingerprint density at radius 2 is 1.94 bits per heavy atom. The predicted molar refractivity (Wildman–Crippen MR) is 117 cm³/mol. The molecule has 1 aliphatic rings. The molecular weight excluding hydrogens is 392 g/mol. The van der Waals surface area contributed by atoms with Crippen LogP contribution in [0.3, 0.4) is 0 Å². The summed E-state index contributed by atoms with van der Waals surface area (Å²) in [5.41, 5.74) is 10.1. The summed E-state index contributed by atoms with van der Waals surface area (Å²) < 4.78 is 13.2. The molecule has 0 bridgehead atoms. The monoisotopic (exact) mass is 414 g/mol. The number of carbonyl (C=O) groups excluding carboxylic acids is 1. The maximum Gasteiger partial charge on any atom is 0.293 e. The van der Waals surface area contributed by atoms with Crippen molar-refractivity contribution in [2.24, 2.45) is 0 Å². The van der Waals surface area contributed by atoms with Crippen molar-refractivity contribution in [3.63, 3.8) is 0 Å². The van der Waals surface area contributed by atoms with Crippen molar-refractivity contribution in [2.45, 2.75) is 31.6 Å². The summed E-state index contributed by atoms with van der Waals surface area (Å²) in [6.45, 7) is 1.01. The molecule has 0 amide bonds. The van der Waals surface area contributed by atoms with Gasteiger partial charge in [0.2, 0.25) is 0 Å². The molecule has 7 nitrogen and oxygen atoms in total. The lowest BCUT2D eigenvalue weighted by molar-refractivity contribution is -0.139. The van der Waals surface area contributed by atoms with E-state index in [4.69, 9.17) is 15.2 Å². The van der Waals surface area contributed by atoms with Crippen molar-refractivity contribution in [1.82, 2.24) is 14.5 Å². The second-order valence-electron chi connectivity index (χ2n) is 7.69. The van der Waals surface area contributed by atoms with Gasteiger partial charge in [-0.1, -0.05) is 42.5 Å². The van der Waals surface area contributed by atoms with E-state index in [2.05, 4.69) is 20.7 Å². The Bertz CT molecular complexity index is 1220.